The number of benzene rings is 2. The number of methoxy groups -OCH3 is 1. The summed E-state index contributed by atoms with van der Waals surface area (Å²) in [5, 5.41) is 0.999. The maximum Gasteiger partial charge on any atom is 0.348 e. The number of carbonyl (C=O) groups is 1. The van der Waals surface area contributed by atoms with Gasteiger partial charge in [0.25, 0.3) is 0 Å². The third kappa shape index (κ3) is 2.52. The minimum absolute atomic E-state index is 0.0768. The first-order valence-electron chi connectivity index (χ1n) is 6.16. The fraction of sp³-hybridized carbons (Fsp3) is 0.0625. The number of hydrogen-bond donors (Lipinski definition) is 0. The molecule has 1 heterocycles. The van der Waals surface area contributed by atoms with Gasteiger partial charge in [0.1, 0.15) is 10.7 Å². The van der Waals surface area contributed by atoms with Gasteiger partial charge in [0, 0.05) is 10.1 Å². The first kappa shape index (κ1) is 14.0. The molecular formula is C16H10ClFO2S. The Morgan fingerprint density at radius 3 is 2.76 bits per heavy atom. The first-order chi connectivity index (χ1) is 10.1. The summed E-state index contributed by atoms with van der Waals surface area (Å²) in [5.41, 5.74) is 1.71. The lowest BCUT2D eigenvalue weighted by atomic mass is 10.0. The highest BCUT2D eigenvalue weighted by Gasteiger charge is 2.13. The monoisotopic (exact) mass is 320 g/mol. The molecule has 0 N–H and O–H groups in total. The average molecular weight is 321 g/mol. The van der Waals surface area contributed by atoms with Crippen LogP contribution in [0.15, 0.2) is 42.5 Å². The van der Waals surface area contributed by atoms with E-state index in [9.17, 15) is 9.18 Å². The van der Waals surface area contributed by atoms with Crippen molar-refractivity contribution in [1.29, 1.82) is 0 Å². The molecule has 0 spiro atoms. The highest BCUT2D eigenvalue weighted by Crippen LogP contribution is 2.35. The van der Waals surface area contributed by atoms with Gasteiger partial charge in [-0.1, -0.05) is 29.8 Å². The molecular weight excluding hydrogens is 311 g/mol. The van der Waals surface area contributed by atoms with Crippen molar-refractivity contribution in [1.82, 2.24) is 0 Å². The summed E-state index contributed by atoms with van der Waals surface area (Å²) in [7, 11) is 1.35. The third-order valence-corrected chi connectivity index (χ3v) is 4.55. The number of fused-ring (bicyclic) bond motifs is 1. The lowest BCUT2D eigenvalue weighted by Gasteiger charge is -2.04. The summed E-state index contributed by atoms with van der Waals surface area (Å²) in [6.07, 6.45) is 0. The summed E-state index contributed by atoms with van der Waals surface area (Å²) in [6.45, 7) is 0. The van der Waals surface area contributed by atoms with Gasteiger partial charge >= 0.3 is 5.97 Å². The quantitative estimate of drug-likeness (QED) is 0.610. The smallest absolute Gasteiger partial charge is 0.348 e. The maximum absolute atomic E-state index is 13.3. The number of esters is 1. The van der Waals surface area contributed by atoms with E-state index in [4.69, 9.17) is 16.3 Å². The molecule has 0 aliphatic rings. The van der Waals surface area contributed by atoms with Crippen LogP contribution in [0.3, 0.4) is 0 Å². The molecule has 0 fully saturated rings. The fourth-order valence-electron chi connectivity index (χ4n) is 2.18. The van der Waals surface area contributed by atoms with Gasteiger partial charge in [0.05, 0.1) is 12.1 Å². The zero-order valence-electron chi connectivity index (χ0n) is 11.0. The standard InChI is InChI=1S/C16H10ClFO2S/c1-20-16(19)15-8-11-10(3-2-4-14(11)21-15)9-5-6-13(18)12(17)7-9/h2-8H,1H3. The third-order valence-electron chi connectivity index (χ3n) is 3.18. The number of carbonyl (C=O) groups excluding carboxylic acids is 1. The van der Waals surface area contributed by atoms with Gasteiger partial charge in [0.2, 0.25) is 0 Å². The van der Waals surface area contributed by atoms with E-state index in [2.05, 4.69) is 0 Å². The normalized spacial score (nSPS) is 10.8. The van der Waals surface area contributed by atoms with Crippen LogP contribution in [0, 0.1) is 5.82 Å². The second-order valence-corrected chi connectivity index (χ2v) is 5.94. The molecule has 106 valence electrons. The van der Waals surface area contributed by atoms with Crippen molar-refractivity contribution in [2.45, 2.75) is 0 Å². The van der Waals surface area contributed by atoms with Crippen LogP contribution in [-0.2, 0) is 4.74 Å². The number of ether oxygens (including phenoxy) is 1. The van der Waals surface area contributed by atoms with E-state index in [0.29, 0.717) is 4.88 Å². The summed E-state index contributed by atoms with van der Waals surface area (Å²) < 4.78 is 19.0. The van der Waals surface area contributed by atoms with Crippen molar-refractivity contribution in [3.63, 3.8) is 0 Å². The van der Waals surface area contributed by atoms with Crippen LogP contribution in [0.5, 0.6) is 0 Å². The van der Waals surface area contributed by atoms with Gasteiger partial charge in [-0.25, -0.2) is 9.18 Å². The minimum atomic E-state index is -0.451. The topological polar surface area (TPSA) is 26.3 Å². The number of thiophene rings is 1. The summed E-state index contributed by atoms with van der Waals surface area (Å²) in [5.74, 6) is -0.813. The van der Waals surface area contributed by atoms with Crippen molar-refractivity contribution in [2.75, 3.05) is 7.11 Å². The SMILES string of the molecule is COC(=O)c1cc2c(-c3ccc(F)c(Cl)c3)cccc2s1. The van der Waals surface area contributed by atoms with Crippen molar-refractivity contribution in [3.05, 3.63) is 58.2 Å². The first-order valence-corrected chi connectivity index (χ1v) is 7.36. The second kappa shape index (κ2) is 5.47. The Labute approximate surface area is 129 Å². The van der Waals surface area contributed by atoms with Gasteiger partial charge in [-0.2, -0.15) is 0 Å². The van der Waals surface area contributed by atoms with Crippen LogP contribution in [0.2, 0.25) is 5.02 Å². The Hall–Kier alpha value is -1.91. The van der Waals surface area contributed by atoms with E-state index in [1.165, 1.54) is 24.5 Å². The van der Waals surface area contributed by atoms with E-state index in [1.54, 1.807) is 18.2 Å². The van der Waals surface area contributed by atoms with Crippen LogP contribution < -0.4 is 0 Å². The molecule has 0 amide bonds. The van der Waals surface area contributed by atoms with Crippen molar-refractivity contribution >= 4 is 39.0 Å². The Balaban J connectivity index is 2.20. The maximum atomic E-state index is 13.3. The molecule has 1 aromatic heterocycles. The molecule has 0 saturated heterocycles. The molecule has 0 saturated carbocycles. The molecule has 3 aromatic rings. The lowest BCUT2D eigenvalue weighted by Crippen LogP contribution is -1.96. The Morgan fingerprint density at radius 2 is 2.05 bits per heavy atom. The molecule has 0 aliphatic carbocycles. The van der Waals surface area contributed by atoms with E-state index < -0.39 is 5.82 Å². The van der Waals surface area contributed by atoms with Crippen LogP contribution >= 0.6 is 22.9 Å². The highest BCUT2D eigenvalue weighted by molar-refractivity contribution is 7.20. The molecule has 0 radical (unpaired) electrons. The zero-order chi connectivity index (χ0) is 15.0. The molecule has 21 heavy (non-hydrogen) atoms. The van der Waals surface area contributed by atoms with Crippen LogP contribution in [0.1, 0.15) is 9.67 Å². The molecule has 3 rings (SSSR count). The van der Waals surface area contributed by atoms with E-state index in [0.717, 1.165) is 21.2 Å². The van der Waals surface area contributed by atoms with Crippen LogP contribution in [0.4, 0.5) is 4.39 Å². The lowest BCUT2D eigenvalue weighted by molar-refractivity contribution is 0.0606. The summed E-state index contributed by atoms with van der Waals surface area (Å²) in [4.78, 5) is 12.2. The van der Waals surface area contributed by atoms with E-state index in [1.807, 2.05) is 18.2 Å². The summed E-state index contributed by atoms with van der Waals surface area (Å²) >= 11 is 7.21. The van der Waals surface area contributed by atoms with Crippen LogP contribution in [0.25, 0.3) is 21.2 Å². The molecule has 5 heteroatoms. The van der Waals surface area contributed by atoms with E-state index in [-0.39, 0.29) is 11.0 Å². The Kier molecular flexibility index (Phi) is 3.66. The van der Waals surface area contributed by atoms with Gasteiger partial charge in [-0.05, 0) is 35.4 Å². The molecule has 0 atom stereocenters. The predicted molar refractivity (Wildman–Crippen MR) is 83.6 cm³/mol. The Bertz CT molecular complexity index is 841. The number of halogens is 2. The van der Waals surface area contributed by atoms with E-state index >= 15 is 0 Å². The highest BCUT2D eigenvalue weighted by atomic mass is 35.5. The van der Waals surface area contributed by atoms with Crippen molar-refractivity contribution < 1.29 is 13.9 Å². The number of rotatable bonds is 2. The van der Waals surface area contributed by atoms with Crippen molar-refractivity contribution in [3.8, 4) is 11.1 Å². The average Bonchev–Trinajstić information content (AvgIpc) is 2.93. The molecule has 0 aliphatic heterocycles. The molecule has 2 nitrogen and oxygen atoms in total. The fourth-order valence-corrected chi connectivity index (χ4v) is 3.36. The van der Waals surface area contributed by atoms with Crippen molar-refractivity contribution in [2.24, 2.45) is 0 Å². The molecule has 0 bridgehead atoms. The second-order valence-electron chi connectivity index (χ2n) is 4.45. The Morgan fingerprint density at radius 1 is 1.24 bits per heavy atom. The molecule has 0 unspecified atom stereocenters. The summed E-state index contributed by atoms with van der Waals surface area (Å²) in [6, 6.07) is 12.1. The largest absolute Gasteiger partial charge is 0.465 e. The predicted octanol–water partition coefficient (Wildman–Crippen LogP) is 5.15. The van der Waals surface area contributed by atoms with Gasteiger partial charge in [-0.15, -0.1) is 11.3 Å². The van der Waals surface area contributed by atoms with Gasteiger partial charge in [-0.3, -0.25) is 0 Å². The minimum Gasteiger partial charge on any atom is -0.465 e. The number of hydrogen-bond acceptors (Lipinski definition) is 3. The van der Waals surface area contributed by atoms with Crippen LogP contribution in [-0.4, -0.2) is 13.1 Å². The van der Waals surface area contributed by atoms with Gasteiger partial charge in [0.15, 0.2) is 0 Å². The zero-order valence-corrected chi connectivity index (χ0v) is 12.6. The van der Waals surface area contributed by atoms with Gasteiger partial charge < -0.3 is 4.74 Å². The molecule has 2 aromatic carbocycles.